The molecule has 0 unspecified atom stereocenters. The van der Waals surface area contributed by atoms with Crippen molar-refractivity contribution in [2.75, 3.05) is 13.4 Å². The zero-order chi connectivity index (χ0) is 16.2. The van der Waals surface area contributed by atoms with Crippen LogP contribution >= 0.6 is 11.8 Å². The van der Waals surface area contributed by atoms with Crippen molar-refractivity contribution in [2.45, 2.75) is 26.5 Å². The highest BCUT2D eigenvalue weighted by atomic mass is 32.2. The summed E-state index contributed by atoms with van der Waals surface area (Å²) in [7, 11) is 1.41. The standard InChI is InChI=1S/C15H20O5S/c1-15(2,3)14(18)20-12-10(8-21-5)6-9(13(16)17)7-11(12)19-4/h6-7H,8H2,1-5H3,(H,16,17). The fourth-order valence-electron chi connectivity index (χ4n) is 1.56. The van der Waals surface area contributed by atoms with Crippen molar-refractivity contribution in [3.05, 3.63) is 23.3 Å². The predicted octanol–water partition coefficient (Wildman–Crippen LogP) is 3.21. The molecule has 0 spiro atoms. The van der Waals surface area contributed by atoms with Crippen LogP contribution in [-0.2, 0) is 10.5 Å². The van der Waals surface area contributed by atoms with Gasteiger partial charge in [-0.25, -0.2) is 4.79 Å². The van der Waals surface area contributed by atoms with Crippen LogP contribution in [0.5, 0.6) is 11.5 Å². The summed E-state index contributed by atoms with van der Waals surface area (Å²) in [6, 6.07) is 2.87. The summed E-state index contributed by atoms with van der Waals surface area (Å²) in [6.45, 7) is 5.25. The second-order valence-corrected chi connectivity index (χ2v) is 6.41. The zero-order valence-corrected chi connectivity index (χ0v) is 13.7. The summed E-state index contributed by atoms with van der Waals surface area (Å²) in [5, 5.41) is 9.13. The number of methoxy groups -OCH3 is 1. The first-order valence-electron chi connectivity index (χ1n) is 6.36. The van der Waals surface area contributed by atoms with E-state index in [1.54, 1.807) is 20.8 Å². The van der Waals surface area contributed by atoms with Gasteiger partial charge in [0.05, 0.1) is 18.1 Å². The van der Waals surface area contributed by atoms with E-state index in [9.17, 15) is 9.59 Å². The van der Waals surface area contributed by atoms with Crippen molar-refractivity contribution in [3.63, 3.8) is 0 Å². The second kappa shape index (κ2) is 6.85. The van der Waals surface area contributed by atoms with Gasteiger partial charge in [0.2, 0.25) is 0 Å². The lowest BCUT2D eigenvalue weighted by molar-refractivity contribution is -0.143. The fourth-order valence-corrected chi connectivity index (χ4v) is 2.08. The molecule has 1 aromatic carbocycles. The SMILES string of the molecule is COc1cc(C(=O)O)cc(CSC)c1OC(=O)C(C)(C)C. The number of carbonyl (C=O) groups is 2. The average molecular weight is 312 g/mol. The zero-order valence-electron chi connectivity index (χ0n) is 12.9. The number of esters is 1. The number of carboxylic acids is 1. The molecule has 116 valence electrons. The molecule has 21 heavy (non-hydrogen) atoms. The van der Waals surface area contributed by atoms with Crippen LogP contribution in [0.4, 0.5) is 0 Å². The van der Waals surface area contributed by atoms with E-state index in [0.717, 1.165) is 0 Å². The topological polar surface area (TPSA) is 72.8 Å². The summed E-state index contributed by atoms with van der Waals surface area (Å²) in [5.74, 6) is -0.395. The Kier molecular flexibility index (Phi) is 5.66. The lowest BCUT2D eigenvalue weighted by atomic mass is 9.97. The summed E-state index contributed by atoms with van der Waals surface area (Å²) >= 11 is 1.50. The first-order valence-corrected chi connectivity index (χ1v) is 7.75. The van der Waals surface area contributed by atoms with Crippen LogP contribution in [0.1, 0.15) is 36.7 Å². The van der Waals surface area contributed by atoms with Crippen molar-refractivity contribution < 1.29 is 24.2 Å². The minimum absolute atomic E-state index is 0.103. The molecule has 5 nitrogen and oxygen atoms in total. The Labute approximate surface area is 128 Å². The maximum absolute atomic E-state index is 12.1. The Hall–Kier alpha value is -1.69. The molecule has 0 saturated heterocycles. The number of rotatable bonds is 5. The number of hydrogen-bond acceptors (Lipinski definition) is 5. The molecule has 0 saturated carbocycles. The van der Waals surface area contributed by atoms with Crippen LogP contribution in [0, 0.1) is 5.41 Å². The van der Waals surface area contributed by atoms with Crippen LogP contribution < -0.4 is 9.47 Å². The summed E-state index contributed by atoms with van der Waals surface area (Å²) in [6.07, 6.45) is 1.88. The van der Waals surface area contributed by atoms with Crippen LogP contribution in [0.25, 0.3) is 0 Å². The summed E-state index contributed by atoms with van der Waals surface area (Å²) in [4.78, 5) is 23.2. The number of hydrogen-bond donors (Lipinski definition) is 1. The van der Waals surface area contributed by atoms with Gasteiger partial charge < -0.3 is 14.6 Å². The molecule has 0 radical (unpaired) electrons. The summed E-state index contributed by atoms with van der Waals surface area (Å²) < 4.78 is 10.6. The molecule has 0 amide bonds. The second-order valence-electron chi connectivity index (χ2n) is 5.54. The largest absolute Gasteiger partial charge is 0.493 e. The predicted molar refractivity (Wildman–Crippen MR) is 82.3 cm³/mol. The average Bonchev–Trinajstić information content (AvgIpc) is 2.39. The fraction of sp³-hybridized carbons (Fsp3) is 0.467. The Balaban J connectivity index is 3.33. The smallest absolute Gasteiger partial charge is 0.335 e. The molecule has 0 heterocycles. The molecule has 1 rings (SSSR count). The number of ether oxygens (including phenoxy) is 2. The molecule has 0 bridgehead atoms. The number of carboxylic acid groups (broad SMARTS) is 1. The minimum Gasteiger partial charge on any atom is -0.493 e. The van der Waals surface area contributed by atoms with Crippen molar-refractivity contribution >= 4 is 23.7 Å². The minimum atomic E-state index is -1.05. The number of benzene rings is 1. The quantitative estimate of drug-likeness (QED) is 0.665. The van der Waals surface area contributed by atoms with Gasteiger partial charge in [-0.1, -0.05) is 0 Å². The van der Waals surface area contributed by atoms with Gasteiger partial charge in [0.25, 0.3) is 0 Å². The van der Waals surface area contributed by atoms with E-state index < -0.39 is 17.4 Å². The molecular weight excluding hydrogens is 292 g/mol. The maximum atomic E-state index is 12.1. The van der Waals surface area contributed by atoms with Gasteiger partial charge in [-0.05, 0) is 39.2 Å². The van der Waals surface area contributed by atoms with Crippen LogP contribution in [-0.4, -0.2) is 30.4 Å². The van der Waals surface area contributed by atoms with E-state index >= 15 is 0 Å². The summed E-state index contributed by atoms with van der Waals surface area (Å²) in [5.41, 5.74) is 0.0657. The van der Waals surface area contributed by atoms with Crippen molar-refractivity contribution in [3.8, 4) is 11.5 Å². The highest BCUT2D eigenvalue weighted by Crippen LogP contribution is 2.36. The molecule has 0 aliphatic carbocycles. The van der Waals surface area contributed by atoms with Gasteiger partial charge in [-0.3, -0.25) is 4.79 Å². The Morgan fingerprint density at radius 2 is 1.90 bits per heavy atom. The van der Waals surface area contributed by atoms with E-state index in [1.165, 1.54) is 31.0 Å². The molecule has 0 atom stereocenters. The van der Waals surface area contributed by atoms with E-state index in [0.29, 0.717) is 11.3 Å². The van der Waals surface area contributed by atoms with Crippen LogP contribution in [0.15, 0.2) is 12.1 Å². The van der Waals surface area contributed by atoms with Gasteiger partial charge in [0, 0.05) is 11.3 Å². The Bertz CT molecular complexity index is 546. The number of thioether (sulfide) groups is 1. The van der Waals surface area contributed by atoms with E-state index in [-0.39, 0.29) is 17.1 Å². The lowest BCUT2D eigenvalue weighted by Crippen LogP contribution is -2.26. The van der Waals surface area contributed by atoms with Gasteiger partial charge >= 0.3 is 11.9 Å². The maximum Gasteiger partial charge on any atom is 0.335 e. The lowest BCUT2D eigenvalue weighted by Gasteiger charge is -2.20. The molecular formula is C15H20O5S. The van der Waals surface area contributed by atoms with Gasteiger partial charge in [-0.2, -0.15) is 11.8 Å². The Morgan fingerprint density at radius 1 is 1.29 bits per heavy atom. The van der Waals surface area contributed by atoms with Crippen molar-refractivity contribution in [1.29, 1.82) is 0 Å². The molecule has 1 N–H and O–H groups in total. The monoisotopic (exact) mass is 312 g/mol. The van der Waals surface area contributed by atoms with Gasteiger partial charge in [0.15, 0.2) is 11.5 Å². The van der Waals surface area contributed by atoms with Crippen molar-refractivity contribution in [1.82, 2.24) is 0 Å². The third kappa shape index (κ3) is 4.39. The number of carbonyl (C=O) groups excluding carboxylic acids is 1. The van der Waals surface area contributed by atoms with Gasteiger partial charge in [-0.15, -0.1) is 0 Å². The van der Waals surface area contributed by atoms with E-state index in [4.69, 9.17) is 14.6 Å². The normalized spacial score (nSPS) is 11.1. The highest BCUT2D eigenvalue weighted by molar-refractivity contribution is 7.97. The molecule has 0 aliphatic rings. The van der Waals surface area contributed by atoms with Gasteiger partial charge in [0.1, 0.15) is 0 Å². The molecule has 0 aromatic heterocycles. The van der Waals surface area contributed by atoms with E-state index in [1.807, 2.05) is 6.26 Å². The Morgan fingerprint density at radius 3 is 2.33 bits per heavy atom. The molecule has 0 aliphatic heterocycles. The highest BCUT2D eigenvalue weighted by Gasteiger charge is 2.27. The van der Waals surface area contributed by atoms with E-state index in [2.05, 4.69) is 0 Å². The first-order chi connectivity index (χ1) is 9.70. The molecule has 1 aromatic rings. The third-order valence-electron chi connectivity index (χ3n) is 2.71. The van der Waals surface area contributed by atoms with Crippen molar-refractivity contribution in [2.24, 2.45) is 5.41 Å². The van der Waals surface area contributed by atoms with Crippen LogP contribution in [0.3, 0.4) is 0 Å². The molecule has 6 heteroatoms. The number of aromatic carboxylic acids is 1. The van der Waals surface area contributed by atoms with Crippen LogP contribution in [0.2, 0.25) is 0 Å². The first kappa shape index (κ1) is 17.4. The molecule has 0 fully saturated rings. The third-order valence-corrected chi connectivity index (χ3v) is 3.31.